The van der Waals surface area contributed by atoms with Crippen LogP contribution in [0.25, 0.3) is 34.2 Å². The molecule has 1 unspecified atom stereocenters. The molecule has 2 aliphatic heterocycles. The molecule has 248 valence electrons. The number of aromatic nitrogens is 8. The van der Waals surface area contributed by atoms with Crippen molar-refractivity contribution in [1.29, 1.82) is 0 Å². The van der Waals surface area contributed by atoms with Crippen molar-refractivity contribution in [1.82, 2.24) is 49.7 Å². The van der Waals surface area contributed by atoms with Gasteiger partial charge in [-0.3, -0.25) is 29.5 Å². The first kappa shape index (κ1) is 31.2. The highest BCUT2D eigenvalue weighted by Gasteiger charge is 2.33. The Labute approximate surface area is 289 Å². The summed E-state index contributed by atoms with van der Waals surface area (Å²) in [6.45, 7) is 1.37. The van der Waals surface area contributed by atoms with Gasteiger partial charge in [-0.25, -0.2) is 9.97 Å². The second-order valence-corrected chi connectivity index (χ2v) is 12.4. The predicted octanol–water partition coefficient (Wildman–Crippen LogP) is 5.55. The average Bonchev–Trinajstić information content (AvgIpc) is 3.99. The standard InChI is InChI=1S/C38H34N10O2/c49-35(17-25-9-3-1-4-10-25)47-15-7-13-33(47)37-43-23-31(45-37)29-21-39-27(19-41-29)28-20-42-30(22-40-28)32-24-44-38(46-32)34-14-8-16-48(34)36(50)18-26-11-5-2-6-12-26/h1-6,9-12,17-24,33-34H,7-8,13-16H2,(H,43,45)(H,44,46)/t33-,34?/m0/s1. The van der Waals surface area contributed by atoms with Gasteiger partial charge in [0.25, 0.3) is 0 Å². The molecule has 0 aliphatic carbocycles. The zero-order valence-corrected chi connectivity index (χ0v) is 27.2. The van der Waals surface area contributed by atoms with Crippen molar-refractivity contribution in [3.05, 3.63) is 133 Å². The third-order valence-electron chi connectivity index (χ3n) is 9.19. The summed E-state index contributed by atoms with van der Waals surface area (Å²) in [7, 11) is 0. The summed E-state index contributed by atoms with van der Waals surface area (Å²) in [5.74, 6) is 1.43. The topological polar surface area (TPSA) is 150 Å². The second-order valence-electron chi connectivity index (χ2n) is 12.4. The van der Waals surface area contributed by atoms with Crippen molar-refractivity contribution in [2.45, 2.75) is 37.8 Å². The number of H-pyrrole nitrogens is 2. The Morgan fingerprint density at radius 3 is 1.34 bits per heavy atom. The third kappa shape index (κ3) is 6.51. The summed E-state index contributed by atoms with van der Waals surface area (Å²) in [6, 6.07) is 19.0. The minimum atomic E-state index is -0.124. The third-order valence-corrected chi connectivity index (χ3v) is 9.19. The van der Waals surface area contributed by atoms with Gasteiger partial charge in [-0.15, -0.1) is 0 Å². The van der Waals surface area contributed by atoms with E-state index in [2.05, 4.69) is 39.9 Å². The lowest BCUT2D eigenvalue weighted by molar-refractivity contribution is -0.129. The molecule has 2 N–H and O–H groups in total. The van der Waals surface area contributed by atoms with Crippen molar-refractivity contribution in [3.8, 4) is 34.2 Å². The van der Waals surface area contributed by atoms with Gasteiger partial charge in [-0.1, -0.05) is 60.7 Å². The van der Waals surface area contributed by atoms with Crippen LogP contribution in [-0.4, -0.2) is 74.6 Å². The minimum absolute atomic E-state index is 0.0221. The summed E-state index contributed by atoms with van der Waals surface area (Å²) in [4.78, 5) is 64.2. The van der Waals surface area contributed by atoms with Crippen LogP contribution in [0, 0.1) is 12.8 Å². The average molecular weight is 663 g/mol. The molecule has 6 heterocycles. The number of hydrogen-bond acceptors (Lipinski definition) is 8. The highest BCUT2D eigenvalue weighted by atomic mass is 16.2. The van der Waals surface area contributed by atoms with E-state index in [0.717, 1.165) is 59.8 Å². The summed E-state index contributed by atoms with van der Waals surface area (Å²) >= 11 is 0. The molecule has 2 aromatic carbocycles. The van der Waals surface area contributed by atoms with Crippen LogP contribution in [0.15, 0.2) is 97.8 Å². The molecular formula is C38H34N10O2. The van der Waals surface area contributed by atoms with Crippen molar-refractivity contribution in [3.63, 3.8) is 0 Å². The molecule has 2 amide bonds. The van der Waals surface area contributed by atoms with Crippen LogP contribution in [-0.2, 0) is 9.59 Å². The van der Waals surface area contributed by atoms with E-state index in [1.165, 1.54) is 0 Å². The lowest BCUT2D eigenvalue weighted by Gasteiger charge is -2.23. The largest absolute Gasteiger partial charge is 0.339 e. The van der Waals surface area contributed by atoms with Crippen LogP contribution in [0.1, 0.15) is 60.5 Å². The first-order valence-electron chi connectivity index (χ1n) is 16.7. The number of carbonyl (C=O) groups excluding carboxylic acids is 2. The van der Waals surface area contributed by atoms with E-state index in [-0.39, 0.29) is 23.9 Å². The van der Waals surface area contributed by atoms with Gasteiger partial charge in [-0.2, -0.15) is 0 Å². The van der Waals surface area contributed by atoms with Gasteiger partial charge in [0.1, 0.15) is 34.4 Å². The normalized spacial score (nSPS) is 17.4. The van der Waals surface area contributed by atoms with E-state index < -0.39 is 0 Å². The van der Waals surface area contributed by atoms with E-state index >= 15 is 0 Å². The second kappa shape index (κ2) is 13.8. The molecule has 0 bridgehead atoms. The van der Waals surface area contributed by atoms with Gasteiger partial charge in [0, 0.05) is 13.1 Å². The van der Waals surface area contributed by atoms with Crippen molar-refractivity contribution < 1.29 is 9.59 Å². The van der Waals surface area contributed by atoms with Gasteiger partial charge in [0.15, 0.2) is 0 Å². The first-order valence-corrected chi connectivity index (χ1v) is 16.7. The zero-order valence-electron chi connectivity index (χ0n) is 27.2. The molecule has 8 rings (SSSR count). The fraction of sp³-hybridized carbons (Fsp3) is 0.211. The Kier molecular flexibility index (Phi) is 8.64. The molecule has 50 heavy (non-hydrogen) atoms. The van der Waals surface area contributed by atoms with Gasteiger partial charge in [-0.05, 0) is 36.8 Å². The molecule has 2 radical (unpaired) electrons. The number of carbonyl (C=O) groups is 2. The lowest BCUT2D eigenvalue weighted by atomic mass is 10.1. The van der Waals surface area contributed by atoms with Gasteiger partial charge < -0.3 is 19.8 Å². The Hall–Kier alpha value is -6.04. The molecule has 6 aromatic rings. The summed E-state index contributed by atoms with van der Waals surface area (Å²) in [5, 5.41) is 0. The van der Waals surface area contributed by atoms with E-state index in [4.69, 9.17) is 0 Å². The fourth-order valence-electron chi connectivity index (χ4n) is 6.65. The van der Waals surface area contributed by atoms with Crippen LogP contribution < -0.4 is 0 Å². The van der Waals surface area contributed by atoms with Crippen LogP contribution >= 0.6 is 0 Å². The van der Waals surface area contributed by atoms with Crippen LogP contribution in [0.2, 0.25) is 0 Å². The van der Waals surface area contributed by atoms with Crippen molar-refractivity contribution in [2.24, 2.45) is 0 Å². The lowest BCUT2D eigenvalue weighted by Crippen LogP contribution is -2.31. The Bertz CT molecular complexity index is 1930. The smallest absolute Gasteiger partial charge is 0.231 e. The zero-order chi connectivity index (χ0) is 33.9. The molecule has 12 heteroatoms. The molecule has 2 aliphatic rings. The summed E-state index contributed by atoms with van der Waals surface area (Å²) in [5.41, 5.74) is 5.64. The highest BCUT2D eigenvalue weighted by molar-refractivity contribution is 5.89. The molecule has 2 atom stereocenters. The first-order chi connectivity index (χ1) is 24.6. The van der Waals surface area contributed by atoms with Crippen molar-refractivity contribution >= 4 is 11.8 Å². The predicted molar refractivity (Wildman–Crippen MR) is 185 cm³/mol. The number of likely N-dealkylation sites (tertiary alicyclic amines) is 2. The van der Waals surface area contributed by atoms with Gasteiger partial charge >= 0.3 is 0 Å². The van der Waals surface area contributed by atoms with Crippen LogP contribution in [0.3, 0.4) is 0 Å². The van der Waals surface area contributed by atoms with Gasteiger partial charge in [0.2, 0.25) is 11.8 Å². The number of rotatable bonds is 9. The number of benzene rings is 2. The number of aromatic amines is 2. The molecule has 2 saturated heterocycles. The van der Waals surface area contributed by atoms with Gasteiger partial charge in [0.05, 0.1) is 73.5 Å². The maximum atomic E-state index is 13.1. The van der Waals surface area contributed by atoms with Crippen molar-refractivity contribution in [2.75, 3.05) is 13.1 Å². The maximum Gasteiger partial charge on any atom is 0.231 e. The number of nitrogens with one attached hydrogen (secondary N) is 2. The minimum Gasteiger partial charge on any atom is -0.339 e. The highest BCUT2D eigenvalue weighted by Crippen LogP contribution is 2.33. The Morgan fingerprint density at radius 2 is 0.940 bits per heavy atom. The molecule has 12 nitrogen and oxygen atoms in total. The molecule has 2 fully saturated rings. The molecular weight excluding hydrogens is 628 g/mol. The Balaban J connectivity index is 0.910. The molecule has 4 aromatic heterocycles. The van der Waals surface area contributed by atoms with E-state index in [1.807, 2.05) is 70.5 Å². The maximum absolute atomic E-state index is 13.1. The number of imidazole rings is 2. The SMILES string of the molecule is O=C([CH]c1ccccc1)N1CCCC1c1ncc(-c2cnc(-c3cnc(-c4cnc([C@@H]5CCCN5C(=O)[CH]c5ccccc5)[nH]4)cn3)cn2)[nH]1. The number of nitrogens with zero attached hydrogens (tertiary/aromatic N) is 8. The van der Waals surface area contributed by atoms with Crippen LogP contribution in [0.4, 0.5) is 0 Å². The number of amides is 2. The Morgan fingerprint density at radius 1 is 0.540 bits per heavy atom. The summed E-state index contributed by atoms with van der Waals surface area (Å²) in [6.07, 6.45) is 17.0. The molecule has 0 saturated carbocycles. The van der Waals surface area contributed by atoms with E-state index in [1.54, 1.807) is 50.0 Å². The monoisotopic (exact) mass is 662 g/mol. The van der Waals surface area contributed by atoms with Crippen LogP contribution in [0.5, 0.6) is 0 Å². The summed E-state index contributed by atoms with van der Waals surface area (Å²) < 4.78 is 0. The number of hydrogen-bond donors (Lipinski definition) is 2. The fourth-order valence-corrected chi connectivity index (χ4v) is 6.65. The van der Waals surface area contributed by atoms with E-state index in [0.29, 0.717) is 35.9 Å². The molecule has 0 spiro atoms. The van der Waals surface area contributed by atoms with E-state index in [9.17, 15) is 9.59 Å². The quantitative estimate of drug-likeness (QED) is 0.205.